The number of benzene rings is 1. The molecule has 0 aliphatic rings. The van der Waals surface area contributed by atoms with Crippen LogP contribution in [0, 0.1) is 5.82 Å². The van der Waals surface area contributed by atoms with Gasteiger partial charge in [0.15, 0.2) is 0 Å². The van der Waals surface area contributed by atoms with Gasteiger partial charge < -0.3 is 5.73 Å². The van der Waals surface area contributed by atoms with E-state index < -0.39 is 29.9 Å². The van der Waals surface area contributed by atoms with Crippen LogP contribution in [0.25, 0.3) is 0 Å². The van der Waals surface area contributed by atoms with Crippen molar-refractivity contribution in [3.63, 3.8) is 0 Å². The Labute approximate surface area is 94.8 Å². The fourth-order valence-electron chi connectivity index (χ4n) is 1.12. The molecular formula is C9H8ClF4NO. The van der Waals surface area contributed by atoms with E-state index in [1.54, 1.807) is 0 Å². The molecule has 1 aromatic rings. The lowest BCUT2D eigenvalue weighted by Gasteiger charge is -2.08. The maximum atomic E-state index is 12.8. The fourth-order valence-corrected chi connectivity index (χ4v) is 1.12. The molecule has 0 unspecified atom stereocenters. The molecular weight excluding hydrogens is 250 g/mol. The Hall–Kier alpha value is -1.30. The van der Waals surface area contributed by atoms with E-state index in [0.717, 1.165) is 6.07 Å². The molecule has 0 heterocycles. The molecule has 0 saturated carbocycles. The van der Waals surface area contributed by atoms with Crippen molar-refractivity contribution in [1.29, 1.82) is 0 Å². The number of amides is 1. The SMILES string of the molecule is Cl.NC(=O)Cc1cc(F)cc(C(F)(F)F)c1. The first-order valence-electron chi connectivity index (χ1n) is 3.94. The number of alkyl halides is 3. The lowest BCUT2D eigenvalue weighted by atomic mass is 10.1. The van der Waals surface area contributed by atoms with Gasteiger partial charge in [-0.1, -0.05) is 0 Å². The Bertz CT molecular complexity index is 392. The second kappa shape index (κ2) is 5.16. The Morgan fingerprint density at radius 2 is 1.81 bits per heavy atom. The minimum Gasteiger partial charge on any atom is -0.369 e. The Balaban J connectivity index is 0.00000225. The average molecular weight is 258 g/mol. The summed E-state index contributed by atoms with van der Waals surface area (Å²) in [7, 11) is 0. The van der Waals surface area contributed by atoms with Gasteiger partial charge in [-0.3, -0.25) is 4.79 Å². The highest BCUT2D eigenvalue weighted by molar-refractivity contribution is 5.85. The number of carbonyl (C=O) groups is 1. The van der Waals surface area contributed by atoms with Crippen LogP contribution in [0.15, 0.2) is 18.2 Å². The molecule has 90 valence electrons. The standard InChI is InChI=1S/C9H7F4NO.ClH/c10-7-2-5(3-8(14)15)1-6(4-7)9(11,12)13;/h1-2,4H,3H2,(H2,14,15);1H. The molecule has 2 nitrogen and oxygen atoms in total. The molecule has 0 radical (unpaired) electrons. The molecule has 0 aliphatic carbocycles. The predicted octanol–water partition coefficient (Wildman–Crippen LogP) is 2.29. The predicted molar refractivity (Wildman–Crippen MR) is 51.5 cm³/mol. The number of nitrogens with two attached hydrogens (primary N) is 1. The molecule has 2 N–H and O–H groups in total. The van der Waals surface area contributed by atoms with E-state index in [1.807, 2.05) is 0 Å². The van der Waals surface area contributed by atoms with Crippen molar-refractivity contribution in [2.45, 2.75) is 12.6 Å². The van der Waals surface area contributed by atoms with Gasteiger partial charge in [-0.05, 0) is 23.8 Å². The topological polar surface area (TPSA) is 43.1 Å². The zero-order valence-electron chi connectivity index (χ0n) is 7.84. The van der Waals surface area contributed by atoms with Crippen LogP contribution in [0.1, 0.15) is 11.1 Å². The fraction of sp³-hybridized carbons (Fsp3) is 0.222. The molecule has 0 spiro atoms. The van der Waals surface area contributed by atoms with Gasteiger partial charge in [0.25, 0.3) is 0 Å². The first-order chi connectivity index (χ1) is 6.79. The molecule has 0 aromatic heterocycles. The van der Waals surface area contributed by atoms with Gasteiger partial charge in [0.05, 0.1) is 12.0 Å². The highest BCUT2D eigenvalue weighted by Crippen LogP contribution is 2.30. The summed E-state index contributed by atoms with van der Waals surface area (Å²) in [6.07, 6.45) is -5.05. The van der Waals surface area contributed by atoms with E-state index in [-0.39, 0.29) is 18.0 Å². The molecule has 1 amide bonds. The monoisotopic (exact) mass is 257 g/mol. The minimum absolute atomic E-state index is 0. The average Bonchev–Trinajstić information content (AvgIpc) is 1.99. The van der Waals surface area contributed by atoms with Gasteiger partial charge in [-0.25, -0.2) is 4.39 Å². The minimum atomic E-state index is -4.63. The summed E-state index contributed by atoms with van der Waals surface area (Å²) in [5.41, 5.74) is 3.58. The Morgan fingerprint density at radius 3 is 2.25 bits per heavy atom. The third-order valence-corrected chi connectivity index (χ3v) is 1.66. The lowest BCUT2D eigenvalue weighted by Crippen LogP contribution is -2.15. The van der Waals surface area contributed by atoms with Gasteiger partial charge >= 0.3 is 6.18 Å². The first kappa shape index (κ1) is 14.7. The van der Waals surface area contributed by atoms with Crippen molar-refractivity contribution in [1.82, 2.24) is 0 Å². The van der Waals surface area contributed by atoms with Crippen molar-refractivity contribution in [2.24, 2.45) is 5.73 Å². The molecule has 0 fully saturated rings. The summed E-state index contributed by atoms with van der Waals surface area (Å²) in [5, 5.41) is 0. The number of halogens is 5. The molecule has 1 aromatic carbocycles. The Morgan fingerprint density at radius 1 is 1.25 bits per heavy atom. The Kier molecular flexibility index (Phi) is 4.74. The molecule has 0 aliphatic heterocycles. The van der Waals surface area contributed by atoms with Crippen molar-refractivity contribution in [2.75, 3.05) is 0 Å². The molecule has 1 rings (SSSR count). The van der Waals surface area contributed by atoms with Crippen molar-refractivity contribution in [3.8, 4) is 0 Å². The van der Waals surface area contributed by atoms with Crippen LogP contribution in [0.3, 0.4) is 0 Å². The molecule has 0 saturated heterocycles. The van der Waals surface area contributed by atoms with Crippen molar-refractivity contribution in [3.05, 3.63) is 35.1 Å². The van der Waals surface area contributed by atoms with Gasteiger partial charge in [0.2, 0.25) is 5.91 Å². The summed E-state index contributed by atoms with van der Waals surface area (Å²) in [6, 6.07) is 1.92. The lowest BCUT2D eigenvalue weighted by molar-refractivity contribution is -0.137. The quantitative estimate of drug-likeness (QED) is 0.812. The number of carbonyl (C=O) groups excluding carboxylic acids is 1. The van der Waals surface area contributed by atoms with E-state index in [2.05, 4.69) is 0 Å². The van der Waals surface area contributed by atoms with Crippen LogP contribution in [0.2, 0.25) is 0 Å². The summed E-state index contributed by atoms with van der Waals surface area (Å²) in [4.78, 5) is 10.5. The van der Waals surface area contributed by atoms with E-state index >= 15 is 0 Å². The van der Waals surface area contributed by atoms with Gasteiger partial charge in [0.1, 0.15) is 5.82 Å². The van der Waals surface area contributed by atoms with Crippen molar-refractivity contribution >= 4 is 18.3 Å². The van der Waals surface area contributed by atoms with Gasteiger partial charge in [-0.15, -0.1) is 12.4 Å². The number of hydrogen-bond donors (Lipinski definition) is 1. The first-order valence-corrected chi connectivity index (χ1v) is 3.94. The summed E-state index contributed by atoms with van der Waals surface area (Å²) in [5.74, 6) is -1.85. The van der Waals surface area contributed by atoms with Crippen LogP contribution in [0.4, 0.5) is 17.6 Å². The third-order valence-electron chi connectivity index (χ3n) is 1.66. The highest BCUT2D eigenvalue weighted by atomic mass is 35.5. The molecule has 7 heteroatoms. The number of hydrogen-bond acceptors (Lipinski definition) is 1. The van der Waals surface area contributed by atoms with Crippen LogP contribution in [0.5, 0.6) is 0 Å². The third kappa shape index (κ3) is 4.06. The zero-order valence-corrected chi connectivity index (χ0v) is 8.66. The smallest absolute Gasteiger partial charge is 0.369 e. The molecule has 16 heavy (non-hydrogen) atoms. The molecule has 0 atom stereocenters. The normalized spacial score (nSPS) is 10.8. The second-order valence-corrected chi connectivity index (χ2v) is 2.99. The highest BCUT2D eigenvalue weighted by Gasteiger charge is 2.31. The second-order valence-electron chi connectivity index (χ2n) is 2.99. The van der Waals surface area contributed by atoms with Crippen LogP contribution in [-0.4, -0.2) is 5.91 Å². The number of primary amides is 1. The largest absolute Gasteiger partial charge is 0.416 e. The van der Waals surface area contributed by atoms with Crippen molar-refractivity contribution < 1.29 is 22.4 Å². The van der Waals surface area contributed by atoms with Gasteiger partial charge in [0, 0.05) is 0 Å². The maximum Gasteiger partial charge on any atom is 0.416 e. The van der Waals surface area contributed by atoms with E-state index in [9.17, 15) is 22.4 Å². The van der Waals surface area contributed by atoms with E-state index in [0.29, 0.717) is 12.1 Å². The van der Waals surface area contributed by atoms with E-state index in [4.69, 9.17) is 5.73 Å². The van der Waals surface area contributed by atoms with Gasteiger partial charge in [-0.2, -0.15) is 13.2 Å². The molecule has 0 bridgehead atoms. The van der Waals surface area contributed by atoms with Crippen LogP contribution < -0.4 is 5.73 Å². The zero-order chi connectivity index (χ0) is 11.6. The summed E-state index contributed by atoms with van der Waals surface area (Å²) < 4.78 is 49.4. The van der Waals surface area contributed by atoms with E-state index in [1.165, 1.54) is 0 Å². The summed E-state index contributed by atoms with van der Waals surface area (Å²) >= 11 is 0. The van der Waals surface area contributed by atoms with Crippen LogP contribution >= 0.6 is 12.4 Å². The van der Waals surface area contributed by atoms with Crippen LogP contribution in [-0.2, 0) is 17.4 Å². The maximum absolute atomic E-state index is 12.8. The number of rotatable bonds is 2. The summed E-state index contributed by atoms with van der Waals surface area (Å²) in [6.45, 7) is 0.